The van der Waals surface area contributed by atoms with Gasteiger partial charge in [0.1, 0.15) is 0 Å². The Morgan fingerprint density at radius 3 is 1.27 bits per heavy atom. The molecule has 0 saturated carbocycles. The van der Waals surface area contributed by atoms with Crippen LogP contribution in [0.2, 0.25) is 0 Å². The Bertz CT molecular complexity index is 83.4. The molecular weight excluding hydrogens is 282 g/mol. The van der Waals surface area contributed by atoms with E-state index in [4.69, 9.17) is 17.2 Å². The number of hydrogen-bond acceptors (Lipinski definition) is 4. The average Bonchev–Trinajstić information content (AvgIpc) is 2.01. The standard InChI is InChI=1S/C7H20N4.4ClH/c8-2-1-5-11(6-3-9)7-4-10;;;;/h1-10H2;4*1H. The van der Waals surface area contributed by atoms with Crippen LogP contribution in [-0.2, 0) is 0 Å². The molecular formula is C7H24Cl4N4. The molecule has 0 fully saturated rings. The SMILES string of the molecule is Cl.Cl.Cl.Cl.NCCCN(CCN)CCN. The quantitative estimate of drug-likeness (QED) is 0.629. The third kappa shape index (κ3) is 21.0. The summed E-state index contributed by atoms with van der Waals surface area (Å²) in [6.45, 7) is 5.01. The first-order valence-electron chi connectivity index (χ1n) is 4.17. The first-order valence-corrected chi connectivity index (χ1v) is 4.17. The van der Waals surface area contributed by atoms with E-state index in [0.717, 1.165) is 32.6 Å². The molecule has 0 radical (unpaired) electrons. The zero-order chi connectivity index (χ0) is 8.53. The maximum Gasteiger partial charge on any atom is 0.0105 e. The lowest BCUT2D eigenvalue weighted by atomic mass is 10.3. The molecule has 0 rings (SSSR count). The van der Waals surface area contributed by atoms with Crippen molar-refractivity contribution in [3.05, 3.63) is 0 Å². The van der Waals surface area contributed by atoms with Crippen LogP contribution in [0.3, 0.4) is 0 Å². The molecule has 100 valence electrons. The Morgan fingerprint density at radius 1 is 0.600 bits per heavy atom. The van der Waals surface area contributed by atoms with Crippen molar-refractivity contribution in [1.29, 1.82) is 0 Å². The number of halogens is 4. The van der Waals surface area contributed by atoms with E-state index in [-0.39, 0.29) is 49.6 Å². The molecule has 0 unspecified atom stereocenters. The Morgan fingerprint density at radius 2 is 1.00 bits per heavy atom. The largest absolute Gasteiger partial charge is 0.330 e. The van der Waals surface area contributed by atoms with E-state index >= 15 is 0 Å². The minimum atomic E-state index is 0. The first kappa shape index (κ1) is 29.8. The summed E-state index contributed by atoms with van der Waals surface area (Å²) in [6, 6.07) is 0. The predicted molar refractivity (Wildman–Crippen MR) is 77.2 cm³/mol. The minimum absolute atomic E-state index is 0. The van der Waals surface area contributed by atoms with Crippen LogP contribution < -0.4 is 17.2 Å². The van der Waals surface area contributed by atoms with Gasteiger partial charge in [-0.05, 0) is 19.5 Å². The van der Waals surface area contributed by atoms with Gasteiger partial charge < -0.3 is 22.1 Å². The zero-order valence-corrected chi connectivity index (χ0v) is 12.0. The van der Waals surface area contributed by atoms with Gasteiger partial charge in [0.25, 0.3) is 0 Å². The maximum atomic E-state index is 5.42. The van der Waals surface area contributed by atoms with Crippen LogP contribution in [0, 0.1) is 0 Å². The fraction of sp³-hybridized carbons (Fsp3) is 1.00. The molecule has 8 heteroatoms. The van der Waals surface area contributed by atoms with Crippen molar-refractivity contribution < 1.29 is 0 Å². The monoisotopic (exact) mass is 304 g/mol. The van der Waals surface area contributed by atoms with Gasteiger partial charge in [-0.3, -0.25) is 0 Å². The molecule has 0 aromatic heterocycles. The normalized spacial score (nSPS) is 8.00. The van der Waals surface area contributed by atoms with Crippen molar-refractivity contribution >= 4 is 49.6 Å². The second-order valence-corrected chi connectivity index (χ2v) is 2.56. The Labute approximate surface area is 117 Å². The third-order valence-corrected chi connectivity index (χ3v) is 1.57. The van der Waals surface area contributed by atoms with Gasteiger partial charge in [-0.15, -0.1) is 49.6 Å². The third-order valence-electron chi connectivity index (χ3n) is 1.57. The molecule has 15 heavy (non-hydrogen) atoms. The highest BCUT2D eigenvalue weighted by molar-refractivity contribution is 5.86. The van der Waals surface area contributed by atoms with Crippen LogP contribution in [0.25, 0.3) is 0 Å². The Balaban J connectivity index is -0.0000000833. The molecule has 4 nitrogen and oxygen atoms in total. The van der Waals surface area contributed by atoms with E-state index in [1.165, 1.54) is 0 Å². The summed E-state index contributed by atoms with van der Waals surface area (Å²) in [6.07, 6.45) is 1.03. The van der Waals surface area contributed by atoms with Gasteiger partial charge in [-0.2, -0.15) is 0 Å². The van der Waals surface area contributed by atoms with Crippen LogP contribution in [-0.4, -0.2) is 44.2 Å². The lowest BCUT2D eigenvalue weighted by molar-refractivity contribution is 0.287. The van der Waals surface area contributed by atoms with Crippen LogP contribution in [0.1, 0.15) is 6.42 Å². The van der Waals surface area contributed by atoms with E-state index in [1.807, 2.05) is 0 Å². The van der Waals surface area contributed by atoms with Gasteiger partial charge in [0.05, 0.1) is 0 Å². The molecule has 0 aliphatic carbocycles. The number of hydrogen-bond donors (Lipinski definition) is 3. The molecule has 0 spiro atoms. The van der Waals surface area contributed by atoms with Crippen molar-refractivity contribution in [1.82, 2.24) is 4.90 Å². The van der Waals surface area contributed by atoms with Crippen molar-refractivity contribution in [2.75, 3.05) is 39.3 Å². The summed E-state index contributed by atoms with van der Waals surface area (Å²) >= 11 is 0. The second kappa shape index (κ2) is 24.3. The first-order chi connectivity index (χ1) is 5.35. The molecule has 0 aliphatic rings. The van der Waals surface area contributed by atoms with E-state index in [0.29, 0.717) is 13.1 Å². The summed E-state index contributed by atoms with van der Waals surface area (Å²) < 4.78 is 0. The molecule has 0 aliphatic heterocycles. The summed E-state index contributed by atoms with van der Waals surface area (Å²) in [5.74, 6) is 0. The fourth-order valence-corrected chi connectivity index (χ4v) is 1.02. The molecule has 0 bridgehead atoms. The maximum absolute atomic E-state index is 5.42. The van der Waals surface area contributed by atoms with Gasteiger partial charge in [0.15, 0.2) is 0 Å². The minimum Gasteiger partial charge on any atom is -0.330 e. The van der Waals surface area contributed by atoms with Crippen molar-refractivity contribution in [3.63, 3.8) is 0 Å². The molecule has 6 N–H and O–H groups in total. The molecule has 0 heterocycles. The van der Waals surface area contributed by atoms with Crippen LogP contribution in [0.15, 0.2) is 0 Å². The van der Waals surface area contributed by atoms with Crippen molar-refractivity contribution in [2.45, 2.75) is 6.42 Å². The van der Waals surface area contributed by atoms with E-state index in [9.17, 15) is 0 Å². The smallest absolute Gasteiger partial charge is 0.0105 e. The Kier molecular flexibility index (Phi) is 48.2. The molecule has 0 aromatic carbocycles. The van der Waals surface area contributed by atoms with E-state index in [1.54, 1.807) is 0 Å². The molecule has 0 aromatic rings. The molecule has 0 saturated heterocycles. The summed E-state index contributed by atoms with van der Waals surface area (Å²) in [5.41, 5.74) is 16.2. The van der Waals surface area contributed by atoms with Crippen LogP contribution >= 0.6 is 49.6 Å². The predicted octanol–water partition coefficient (Wildman–Crippen LogP) is 0.242. The number of rotatable bonds is 7. The van der Waals surface area contributed by atoms with Crippen molar-refractivity contribution in [2.24, 2.45) is 17.2 Å². The molecule has 0 amide bonds. The fourth-order valence-electron chi connectivity index (χ4n) is 1.02. The summed E-state index contributed by atoms with van der Waals surface area (Å²) in [5, 5.41) is 0. The number of nitrogens with zero attached hydrogens (tertiary/aromatic N) is 1. The van der Waals surface area contributed by atoms with E-state index in [2.05, 4.69) is 4.90 Å². The van der Waals surface area contributed by atoms with Gasteiger partial charge in [0, 0.05) is 26.2 Å². The zero-order valence-electron chi connectivity index (χ0n) is 8.76. The van der Waals surface area contributed by atoms with E-state index < -0.39 is 0 Å². The van der Waals surface area contributed by atoms with Gasteiger partial charge in [-0.25, -0.2) is 0 Å². The topological polar surface area (TPSA) is 81.3 Å². The van der Waals surface area contributed by atoms with Gasteiger partial charge in [-0.1, -0.05) is 0 Å². The highest BCUT2D eigenvalue weighted by Gasteiger charge is 1.99. The highest BCUT2D eigenvalue weighted by Crippen LogP contribution is 1.87. The summed E-state index contributed by atoms with van der Waals surface area (Å²) in [4.78, 5) is 2.24. The Hall–Kier alpha value is 1.000. The highest BCUT2D eigenvalue weighted by atomic mass is 35.5. The lowest BCUT2D eigenvalue weighted by Gasteiger charge is -2.19. The second-order valence-electron chi connectivity index (χ2n) is 2.56. The van der Waals surface area contributed by atoms with Gasteiger partial charge in [0.2, 0.25) is 0 Å². The summed E-state index contributed by atoms with van der Waals surface area (Å²) in [7, 11) is 0. The van der Waals surface area contributed by atoms with Gasteiger partial charge >= 0.3 is 0 Å². The van der Waals surface area contributed by atoms with Crippen LogP contribution in [0.5, 0.6) is 0 Å². The van der Waals surface area contributed by atoms with Crippen molar-refractivity contribution in [3.8, 4) is 0 Å². The lowest BCUT2D eigenvalue weighted by Crippen LogP contribution is -2.35. The average molecular weight is 306 g/mol. The van der Waals surface area contributed by atoms with Crippen LogP contribution in [0.4, 0.5) is 0 Å². The molecule has 0 atom stereocenters. The number of nitrogens with two attached hydrogens (primary N) is 3.